The fraction of sp³-hybridized carbons (Fsp3) is 0.900. The van der Waals surface area contributed by atoms with Gasteiger partial charge in [-0.25, -0.2) is 4.68 Å². The molecule has 1 fully saturated rings. The van der Waals surface area contributed by atoms with Crippen LogP contribution < -0.4 is 5.73 Å². The molecule has 1 saturated carbocycles. The Morgan fingerprint density at radius 1 is 1.47 bits per heavy atom. The van der Waals surface area contributed by atoms with Crippen molar-refractivity contribution in [3.8, 4) is 0 Å². The van der Waals surface area contributed by atoms with Crippen LogP contribution in [0.2, 0.25) is 0 Å². The Bertz CT molecular complexity index is 309. The SMILES string of the molecule is CC1CCCC(c2nnnn2CCN)C1. The van der Waals surface area contributed by atoms with Crippen molar-refractivity contribution >= 4 is 0 Å². The van der Waals surface area contributed by atoms with Gasteiger partial charge in [0.1, 0.15) is 0 Å². The molecule has 2 atom stereocenters. The van der Waals surface area contributed by atoms with Gasteiger partial charge in [0.25, 0.3) is 0 Å². The summed E-state index contributed by atoms with van der Waals surface area (Å²) in [6, 6.07) is 0. The van der Waals surface area contributed by atoms with E-state index in [9.17, 15) is 0 Å². The molecule has 0 aliphatic heterocycles. The first-order valence-corrected chi connectivity index (χ1v) is 5.77. The number of nitrogens with zero attached hydrogens (tertiary/aromatic N) is 4. The van der Waals surface area contributed by atoms with E-state index in [2.05, 4.69) is 22.4 Å². The minimum Gasteiger partial charge on any atom is -0.329 e. The van der Waals surface area contributed by atoms with Crippen molar-refractivity contribution in [2.24, 2.45) is 11.7 Å². The summed E-state index contributed by atoms with van der Waals surface area (Å²) in [6.07, 6.45) is 5.07. The van der Waals surface area contributed by atoms with Gasteiger partial charge in [-0.2, -0.15) is 0 Å². The largest absolute Gasteiger partial charge is 0.329 e. The molecule has 0 saturated heterocycles. The first-order chi connectivity index (χ1) is 7.31. The van der Waals surface area contributed by atoms with Crippen molar-refractivity contribution < 1.29 is 0 Å². The van der Waals surface area contributed by atoms with Crippen LogP contribution in [0.5, 0.6) is 0 Å². The van der Waals surface area contributed by atoms with Crippen molar-refractivity contribution in [1.29, 1.82) is 0 Å². The standard InChI is InChI=1S/C10H19N5/c1-8-3-2-4-9(7-8)10-12-13-14-15(10)6-5-11/h8-9H,2-7,11H2,1H3. The monoisotopic (exact) mass is 209 g/mol. The first kappa shape index (κ1) is 10.5. The molecule has 0 amide bonds. The lowest BCUT2D eigenvalue weighted by molar-refractivity contribution is 0.326. The van der Waals surface area contributed by atoms with Crippen LogP contribution in [0.3, 0.4) is 0 Å². The molecule has 84 valence electrons. The van der Waals surface area contributed by atoms with Crippen molar-refractivity contribution in [3.63, 3.8) is 0 Å². The van der Waals surface area contributed by atoms with E-state index in [0.29, 0.717) is 12.5 Å². The van der Waals surface area contributed by atoms with E-state index in [1.165, 1.54) is 25.7 Å². The van der Waals surface area contributed by atoms with Crippen molar-refractivity contribution in [3.05, 3.63) is 5.82 Å². The summed E-state index contributed by atoms with van der Waals surface area (Å²) in [4.78, 5) is 0. The Kier molecular flexibility index (Phi) is 3.30. The third kappa shape index (κ3) is 2.34. The maximum absolute atomic E-state index is 5.53. The van der Waals surface area contributed by atoms with Crippen LogP contribution in [0.25, 0.3) is 0 Å². The van der Waals surface area contributed by atoms with Crippen LogP contribution in [0.4, 0.5) is 0 Å². The second kappa shape index (κ2) is 4.70. The van der Waals surface area contributed by atoms with Crippen LogP contribution in [-0.2, 0) is 6.54 Å². The summed E-state index contributed by atoms with van der Waals surface area (Å²) >= 11 is 0. The van der Waals surface area contributed by atoms with E-state index in [1.54, 1.807) is 0 Å². The van der Waals surface area contributed by atoms with Gasteiger partial charge >= 0.3 is 0 Å². The highest BCUT2D eigenvalue weighted by atomic mass is 15.5. The zero-order valence-corrected chi connectivity index (χ0v) is 9.26. The normalized spacial score (nSPS) is 26.8. The predicted octanol–water partition coefficient (Wildman–Crippen LogP) is 0.925. The molecule has 0 aromatic carbocycles. The molecule has 1 heterocycles. The zero-order valence-electron chi connectivity index (χ0n) is 9.26. The van der Waals surface area contributed by atoms with Gasteiger partial charge in [-0.15, -0.1) is 5.10 Å². The zero-order chi connectivity index (χ0) is 10.7. The summed E-state index contributed by atoms with van der Waals surface area (Å²) < 4.78 is 1.86. The fourth-order valence-corrected chi connectivity index (χ4v) is 2.45. The Morgan fingerprint density at radius 2 is 2.33 bits per heavy atom. The van der Waals surface area contributed by atoms with Gasteiger partial charge in [0.2, 0.25) is 0 Å². The van der Waals surface area contributed by atoms with Gasteiger partial charge in [-0.3, -0.25) is 0 Å². The molecule has 0 bridgehead atoms. The molecule has 1 aromatic rings. The molecule has 5 heteroatoms. The van der Waals surface area contributed by atoms with Crippen molar-refractivity contribution in [1.82, 2.24) is 20.2 Å². The molecule has 1 aromatic heterocycles. The average molecular weight is 209 g/mol. The molecule has 15 heavy (non-hydrogen) atoms. The smallest absolute Gasteiger partial charge is 0.154 e. The number of tetrazole rings is 1. The van der Waals surface area contributed by atoms with E-state index >= 15 is 0 Å². The molecular formula is C10H19N5. The van der Waals surface area contributed by atoms with E-state index in [0.717, 1.165) is 18.3 Å². The summed E-state index contributed by atoms with van der Waals surface area (Å²) in [5.74, 6) is 2.37. The third-order valence-electron chi connectivity index (χ3n) is 3.20. The maximum Gasteiger partial charge on any atom is 0.154 e. The van der Waals surface area contributed by atoms with E-state index in [1.807, 2.05) is 4.68 Å². The summed E-state index contributed by atoms with van der Waals surface area (Å²) in [6.45, 7) is 3.64. The molecule has 0 spiro atoms. The van der Waals surface area contributed by atoms with Gasteiger partial charge in [0.15, 0.2) is 5.82 Å². The Morgan fingerprint density at radius 3 is 3.07 bits per heavy atom. The number of aromatic nitrogens is 4. The lowest BCUT2D eigenvalue weighted by Crippen LogP contribution is -2.19. The van der Waals surface area contributed by atoms with Gasteiger partial charge in [0, 0.05) is 12.5 Å². The maximum atomic E-state index is 5.53. The number of hydrogen-bond acceptors (Lipinski definition) is 4. The fourth-order valence-electron chi connectivity index (χ4n) is 2.45. The highest BCUT2D eigenvalue weighted by Gasteiger charge is 2.24. The Labute approximate surface area is 90.0 Å². The van der Waals surface area contributed by atoms with Crippen LogP contribution in [0.15, 0.2) is 0 Å². The van der Waals surface area contributed by atoms with Crippen molar-refractivity contribution in [2.75, 3.05) is 6.54 Å². The predicted molar refractivity (Wildman–Crippen MR) is 57.2 cm³/mol. The van der Waals surface area contributed by atoms with E-state index in [4.69, 9.17) is 5.73 Å². The molecule has 2 unspecified atom stereocenters. The lowest BCUT2D eigenvalue weighted by atomic mass is 9.82. The lowest BCUT2D eigenvalue weighted by Gasteiger charge is -2.25. The number of rotatable bonds is 3. The third-order valence-corrected chi connectivity index (χ3v) is 3.20. The average Bonchev–Trinajstić information content (AvgIpc) is 2.66. The molecule has 0 radical (unpaired) electrons. The van der Waals surface area contributed by atoms with Gasteiger partial charge < -0.3 is 5.73 Å². The van der Waals surface area contributed by atoms with Crippen LogP contribution in [0, 0.1) is 5.92 Å². The molecule has 2 rings (SSSR count). The molecule has 1 aliphatic carbocycles. The topological polar surface area (TPSA) is 69.6 Å². The second-order valence-electron chi connectivity index (χ2n) is 4.52. The van der Waals surface area contributed by atoms with E-state index < -0.39 is 0 Å². The quantitative estimate of drug-likeness (QED) is 0.803. The van der Waals surface area contributed by atoms with Crippen LogP contribution >= 0.6 is 0 Å². The Hall–Kier alpha value is -0.970. The molecule has 5 nitrogen and oxygen atoms in total. The summed E-state index contributed by atoms with van der Waals surface area (Å²) in [5.41, 5.74) is 5.53. The van der Waals surface area contributed by atoms with Crippen molar-refractivity contribution in [2.45, 2.75) is 45.1 Å². The van der Waals surface area contributed by atoms with Gasteiger partial charge in [-0.1, -0.05) is 19.8 Å². The molecule has 2 N–H and O–H groups in total. The summed E-state index contributed by atoms with van der Waals surface area (Å²) in [5, 5.41) is 11.9. The first-order valence-electron chi connectivity index (χ1n) is 5.77. The van der Waals surface area contributed by atoms with E-state index in [-0.39, 0.29) is 0 Å². The molecule has 1 aliphatic rings. The Balaban J connectivity index is 2.10. The number of nitrogens with two attached hydrogens (primary N) is 1. The van der Waals surface area contributed by atoms with Gasteiger partial charge in [0.05, 0.1) is 6.54 Å². The summed E-state index contributed by atoms with van der Waals surface area (Å²) in [7, 11) is 0. The van der Waals surface area contributed by atoms with Crippen LogP contribution in [-0.4, -0.2) is 26.8 Å². The minimum absolute atomic E-state index is 0.537. The highest BCUT2D eigenvalue weighted by Crippen LogP contribution is 2.34. The van der Waals surface area contributed by atoms with Gasteiger partial charge in [-0.05, 0) is 29.2 Å². The second-order valence-corrected chi connectivity index (χ2v) is 4.52. The van der Waals surface area contributed by atoms with Crippen LogP contribution in [0.1, 0.15) is 44.3 Å². The minimum atomic E-state index is 0.537. The number of hydrogen-bond donors (Lipinski definition) is 1. The highest BCUT2D eigenvalue weighted by molar-refractivity contribution is 4.96. The molecular weight excluding hydrogens is 190 g/mol.